The fourth-order valence-corrected chi connectivity index (χ4v) is 4.77. The fourth-order valence-electron chi connectivity index (χ4n) is 3.15. The number of carbonyl (C=O) groups is 3. The Morgan fingerprint density at radius 1 is 1.31 bits per heavy atom. The molecule has 0 bridgehead atoms. The summed E-state index contributed by atoms with van der Waals surface area (Å²) in [4.78, 5) is 37.3. The van der Waals surface area contributed by atoms with E-state index in [9.17, 15) is 19.5 Å². The van der Waals surface area contributed by atoms with E-state index in [2.05, 4.69) is 5.32 Å². The monoisotopic (exact) mass is 402 g/mol. The van der Waals surface area contributed by atoms with Crippen LogP contribution >= 0.6 is 11.8 Å². The van der Waals surface area contributed by atoms with E-state index in [0.29, 0.717) is 5.75 Å². The first kappa shape index (κ1) is 21.7. The molecule has 4 atom stereocenters. The van der Waals surface area contributed by atoms with Crippen LogP contribution in [0.25, 0.3) is 0 Å². The average Bonchev–Trinajstić information content (AvgIpc) is 2.81. The van der Waals surface area contributed by atoms with Gasteiger partial charge in [0.2, 0.25) is 5.91 Å². The number of amides is 2. The summed E-state index contributed by atoms with van der Waals surface area (Å²) in [5.41, 5.74) is 0. The van der Waals surface area contributed by atoms with Crippen molar-refractivity contribution in [2.45, 2.75) is 49.1 Å². The molecule has 1 N–H and O–H groups in total. The van der Waals surface area contributed by atoms with Crippen molar-refractivity contribution in [1.82, 2.24) is 10.2 Å². The molecule has 134 valence electrons. The molecule has 0 radical (unpaired) electrons. The van der Waals surface area contributed by atoms with Gasteiger partial charge in [-0.2, -0.15) is 0 Å². The number of carboxylic acids is 1. The van der Waals surface area contributed by atoms with Gasteiger partial charge in [-0.05, 0) is 32.9 Å². The minimum atomic E-state index is -1.28. The summed E-state index contributed by atoms with van der Waals surface area (Å²) in [6.45, 7) is 5.10. The zero-order valence-corrected chi connectivity index (χ0v) is 19.0. The number of ether oxygens (including phenoxy) is 1. The number of fused-ring (bicyclic) bond motifs is 1. The van der Waals surface area contributed by atoms with E-state index >= 15 is 0 Å². The third kappa shape index (κ3) is 3.97. The zero-order chi connectivity index (χ0) is 18.4. The molecule has 2 fully saturated rings. The number of rotatable bonds is 5. The number of para-hydroxylation sites is 1. The number of β-lactam (4-membered cyclic amide) rings is 1. The van der Waals surface area contributed by atoms with Crippen molar-refractivity contribution < 1.29 is 75.6 Å². The molecule has 0 spiro atoms. The molecule has 26 heavy (non-hydrogen) atoms. The fraction of sp³-hybridized carbons (Fsp3) is 0.471. The van der Waals surface area contributed by atoms with E-state index in [0.717, 1.165) is 0 Å². The molecule has 0 aromatic heterocycles. The molecule has 1 aromatic carbocycles. The maximum Gasteiger partial charge on any atom is 1.00 e. The SMILES string of the molecule is C[C@H](Oc1ccccc1)C(=O)N[C@@H]1C(=O)N2[C@@H]1SC(C)(C)[C@@H]2C(=O)[O-].[K+]. The first-order chi connectivity index (χ1) is 11.7. The van der Waals surface area contributed by atoms with Gasteiger partial charge in [-0.15, -0.1) is 11.8 Å². The van der Waals surface area contributed by atoms with Crippen LogP contribution in [0.1, 0.15) is 20.8 Å². The third-order valence-corrected chi connectivity index (χ3v) is 5.96. The molecule has 0 aliphatic carbocycles. The van der Waals surface area contributed by atoms with Crippen LogP contribution in [-0.4, -0.2) is 51.0 Å². The summed E-state index contributed by atoms with van der Waals surface area (Å²) in [5.74, 6) is -1.55. The van der Waals surface area contributed by atoms with Crippen LogP contribution in [0.4, 0.5) is 0 Å². The van der Waals surface area contributed by atoms with Gasteiger partial charge in [0.1, 0.15) is 17.2 Å². The smallest absolute Gasteiger partial charge is 0.548 e. The molecule has 2 amide bonds. The van der Waals surface area contributed by atoms with Gasteiger partial charge in [-0.3, -0.25) is 9.59 Å². The standard InChI is InChI=1S/C17H20N2O5S.K/c1-9(24-10-7-5-4-6-8-10)13(20)18-11-14(21)19-12(16(22)23)17(2,3)25-15(11)19;/h4-9,11-12,15H,1-3H3,(H,18,20)(H,22,23);/q;+1/p-1/t9-,11+,12-,15+;/m0./s1. The van der Waals surface area contributed by atoms with Crippen molar-refractivity contribution in [3.05, 3.63) is 30.3 Å². The number of nitrogens with one attached hydrogen (secondary N) is 1. The van der Waals surface area contributed by atoms with E-state index < -0.39 is 46.1 Å². The largest absolute Gasteiger partial charge is 1.00 e. The first-order valence-electron chi connectivity index (χ1n) is 7.95. The molecule has 7 nitrogen and oxygen atoms in total. The number of hydrogen-bond donors (Lipinski definition) is 1. The number of carboxylic acid groups (broad SMARTS) is 1. The summed E-state index contributed by atoms with van der Waals surface area (Å²) in [6.07, 6.45) is -0.777. The van der Waals surface area contributed by atoms with Gasteiger partial charge in [-0.25, -0.2) is 0 Å². The average molecular weight is 403 g/mol. The van der Waals surface area contributed by atoms with E-state index in [-0.39, 0.29) is 51.4 Å². The predicted molar refractivity (Wildman–Crippen MR) is 89.6 cm³/mol. The molecule has 2 aliphatic heterocycles. The Labute approximate surface area is 198 Å². The van der Waals surface area contributed by atoms with E-state index in [1.54, 1.807) is 45.0 Å². The van der Waals surface area contributed by atoms with E-state index in [4.69, 9.17) is 4.74 Å². The summed E-state index contributed by atoms with van der Waals surface area (Å²) >= 11 is 1.35. The van der Waals surface area contributed by atoms with Crippen molar-refractivity contribution in [2.24, 2.45) is 0 Å². The molecule has 1 aromatic rings. The Morgan fingerprint density at radius 2 is 1.92 bits per heavy atom. The van der Waals surface area contributed by atoms with E-state index in [1.165, 1.54) is 16.7 Å². The summed E-state index contributed by atoms with van der Waals surface area (Å²) in [7, 11) is 0. The number of hydrogen-bond acceptors (Lipinski definition) is 6. The molecule has 2 heterocycles. The number of carbonyl (C=O) groups excluding carboxylic acids is 3. The molecular formula is C17H19KN2O5S. The minimum Gasteiger partial charge on any atom is -0.548 e. The van der Waals surface area contributed by atoms with E-state index in [1.807, 2.05) is 6.07 Å². The summed E-state index contributed by atoms with van der Waals surface area (Å²) in [5, 5.41) is 13.6. The number of benzene rings is 1. The number of aliphatic carboxylic acids is 1. The van der Waals surface area contributed by atoms with Gasteiger partial charge in [0.25, 0.3) is 5.91 Å². The van der Waals surface area contributed by atoms with Gasteiger partial charge in [0.05, 0.1) is 12.0 Å². The third-order valence-electron chi connectivity index (χ3n) is 4.39. The zero-order valence-electron chi connectivity index (χ0n) is 15.1. The normalized spacial score (nSPS) is 26.8. The van der Waals surface area contributed by atoms with Crippen LogP contribution in [0.3, 0.4) is 0 Å². The molecule has 2 saturated heterocycles. The molecule has 0 unspecified atom stereocenters. The van der Waals surface area contributed by atoms with Gasteiger partial charge < -0.3 is 24.9 Å². The summed E-state index contributed by atoms with van der Waals surface area (Å²) in [6, 6.07) is 7.16. The quantitative estimate of drug-likeness (QED) is 0.410. The van der Waals surface area contributed by atoms with Crippen LogP contribution in [0, 0.1) is 0 Å². The van der Waals surface area contributed by atoms with Gasteiger partial charge in [0, 0.05) is 4.75 Å². The Balaban J connectivity index is 0.00000243. The van der Waals surface area contributed by atoms with Crippen molar-refractivity contribution in [1.29, 1.82) is 0 Å². The molecule has 9 heteroatoms. The Kier molecular flexibility index (Phi) is 6.84. The van der Waals surface area contributed by atoms with Gasteiger partial charge in [-0.1, -0.05) is 18.2 Å². The van der Waals surface area contributed by atoms with Crippen molar-refractivity contribution in [2.75, 3.05) is 0 Å². The Hall–Kier alpha value is -0.584. The van der Waals surface area contributed by atoms with Gasteiger partial charge in [0.15, 0.2) is 6.10 Å². The van der Waals surface area contributed by atoms with Crippen LogP contribution in [0.2, 0.25) is 0 Å². The van der Waals surface area contributed by atoms with Crippen molar-refractivity contribution >= 4 is 29.5 Å². The summed E-state index contributed by atoms with van der Waals surface area (Å²) < 4.78 is 4.87. The predicted octanol–water partition coefficient (Wildman–Crippen LogP) is -3.25. The van der Waals surface area contributed by atoms with Crippen molar-refractivity contribution in [3.63, 3.8) is 0 Å². The first-order valence-corrected chi connectivity index (χ1v) is 8.83. The molecular weight excluding hydrogens is 383 g/mol. The van der Waals surface area contributed by atoms with Crippen LogP contribution < -0.4 is 66.5 Å². The van der Waals surface area contributed by atoms with Crippen LogP contribution in [0.5, 0.6) is 5.75 Å². The number of thioether (sulfide) groups is 1. The van der Waals surface area contributed by atoms with Crippen LogP contribution in [-0.2, 0) is 14.4 Å². The topological polar surface area (TPSA) is 98.8 Å². The maximum atomic E-state index is 12.3. The second-order valence-corrected chi connectivity index (χ2v) is 8.41. The molecule has 2 aliphatic rings. The Bertz CT molecular complexity index is 714. The maximum absolute atomic E-state index is 12.3. The minimum absolute atomic E-state index is 0. The number of nitrogens with zero attached hydrogens (tertiary/aromatic N) is 1. The second-order valence-electron chi connectivity index (χ2n) is 6.64. The molecule has 0 saturated carbocycles. The van der Waals surface area contributed by atoms with Crippen LogP contribution in [0.15, 0.2) is 30.3 Å². The Morgan fingerprint density at radius 3 is 2.50 bits per heavy atom. The molecule has 3 rings (SSSR count). The van der Waals surface area contributed by atoms with Gasteiger partial charge >= 0.3 is 51.4 Å². The van der Waals surface area contributed by atoms with Crippen molar-refractivity contribution in [3.8, 4) is 5.75 Å². The second kappa shape index (κ2) is 8.20.